The summed E-state index contributed by atoms with van der Waals surface area (Å²) in [5.74, 6) is 0.405. The molecule has 2 rings (SSSR count). The Morgan fingerprint density at radius 1 is 1.11 bits per heavy atom. The summed E-state index contributed by atoms with van der Waals surface area (Å²) in [6, 6.07) is 8.21. The van der Waals surface area contributed by atoms with Crippen molar-refractivity contribution < 1.29 is 18.5 Å². The molecule has 0 radical (unpaired) electrons. The molecule has 1 atom stereocenters. The molecule has 1 heterocycles. The molecule has 2 aromatic rings. The summed E-state index contributed by atoms with van der Waals surface area (Å²) in [7, 11) is 0.0664. The number of carbonyl (C=O) groups is 1. The lowest BCUT2D eigenvalue weighted by atomic mass is 10.0. The summed E-state index contributed by atoms with van der Waals surface area (Å²) in [6.45, 7) is 20.0. The minimum Gasteiger partial charge on any atom is -0.444 e. The number of nitrogens with zero attached hydrogens (tertiary/aromatic N) is 3. The lowest BCUT2D eigenvalue weighted by Gasteiger charge is -2.36. The first kappa shape index (κ1) is 28.8. The molecule has 0 aliphatic heterocycles. The maximum atomic E-state index is 12.5. The number of nitrogens with one attached hydrogen (secondary N) is 1. The first-order valence-electron chi connectivity index (χ1n) is 12.4. The molecule has 35 heavy (non-hydrogen) atoms. The molecule has 0 fully saturated rings. The Morgan fingerprint density at radius 3 is 2.26 bits per heavy atom. The van der Waals surface area contributed by atoms with Gasteiger partial charge in [-0.25, -0.2) is 4.79 Å². The van der Waals surface area contributed by atoms with E-state index in [-0.39, 0.29) is 5.04 Å². The van der Waals surface area contributed by atoms with Gasteiger partial charge in [0.05, 0.1) is 12.6 Å². The van der Waals surface area contributed by atoms with Gasteiger partial charge >= 0.3 is 12.1 Å². The number of aromatic nitrogens is 2. The summed E-state index contributed by atoms with van der Waals surface area (Å²) in [5, 5.41) is 7.25. The normalized spacial score (nSPS) is 13.4. The van der Waals surface area contributed by atoms with Gasteiger partial charge in [-0.1, -0.05) is 57.1 Å². The Hall–Kier alpha value is -2.39. The largest absolute Gasteiger partial charge is 0.444 e. The molecule has 0 spiro atoms. The molecule has 1 N–H and O–H groups in total. The van der Waals surface area contributed by atoms with Gasteiger partial charge in [-0.05, 0) is 56.5 Å². The van der Waals surface area contributed by atoms with Crippen LogP contribution in [0.15, 0.2) is 28.8 Å². The van der Waals surface area contributed by atoms with Crippen LogP contribution in [-0.2, 0) is 22.0 Å². The average molecular weight is 505 g/mol. The Labute approximate surface area is 211 Å². The quantitative estimate of drug-likeness (QED) is 0.403. The summed E-state index contributed by atoms with van der Waals surface area (Å²) in [5.41, 5.74) is 1.71. The zero-order chi connectivity index (χ0) is 26.4. The van der Waals surface area contributed by atoms with E-state index in [1.165, 1.54) is 5.56 Å². The second-order valence-corrected chi connectivity index (χ2v) is 16.3. The molecule has 0 aliphatic carbocycles. The van der Waals surface area contributed by atoms with Crippen LogP contribution in [0.1, 0.15) is 71.5 Å². The standard InChI is InChI=1S/C26H44N4O4Si/c1-11-19-12-14-20(15-13-19)18-21(27-24(31)33-25(2,3)4)22-28-23(34-29-22)30(8)16-17-32-35(9,10)26(5,6)7/h12-15,21H,11,16-18H2,1-10H3,(H,27,31)/t21-/m0/s1. The Kier molecular flexibility index (Phi) is 9.53. The maximum Gasteiger partial charge on any atom is 0.408 e. The van der Waals surface area contributed by atoms with Crippen LogP contribution in [0, 0.1) is 0 Å². The number of benzene rings is 1. The number of ether oxygens (including phenoxy) is 1. The van der Waals surface area contributed by atoms with Crippen molar-refractivity contribution >= 4 is 20.4 Å². The van der Waals surface area contributed by atoms with Crippen LogP contribution >= 0.6 is 0 Å². The first-order chi connectivity index (χ1) is 16.1. The van der Waals surface area contributed by atoms with Crippen molar-refractivity contribution in [3.05, 3.63) is 41.2 Å². The molecule has 9 heteroatoms. The third-order valence-corrected chi connectivity index (χ3v) is 10.9. The van der Waals surface area contributed by atoms with E-state index in [9.17, 15) is 4.79 Å². The second-order valence-electron chi connectivity index (χ2n) is 11.5. The second kappa shape index (κ2) is 11.6. The van der Waals surface area contributed by atoms with Crippen molar-refractivity contribution in [2.75, 3.05) is 25.1 Å². The number of aryl methyl sites for hydroxylation is 1. The van der Waals surface area contributed by atoms with Crippen molar-refractivity contribution in [2.45, 2.75) is 91.1 Å². The number of hydrogen-bond acceptors (Lipinski definition) is 7. The fraction of sp³-hybridized carbons (Fsp3) is 0.654. The molecule has 1 amide bonds. The summed E-state index contributed by atoms with van der Waals surface area (Å²) in [6.07, 6.45) is 0.968. The molecule has 8 nitrogen and oxygen atoms in total. The van der Waals surface area contributed by atoms with Crippen LogP contribution in [0.2, 0.25) is 18.1 Å². The molecule has 0 bridgehead atoms. The van der Waals surface area contributed by atoms with Crippen LogP contribution in [-0.4, -0.2) is 50.4 Å². The van der Waals surface area contributed by atoms with Gasteiger partial charge in [-0.2, -0.15) is 4.98 Å². The van der Waals surface area contributed by atoms with Gasteiger partial charge in [0.25, 0.3) is 0 Å². The van der Waals surface area contributed by atoms with Gasteiger partial charge < -0.3 is 23.9 Å². The van der Waals surface area contributed by atoms with Gasteiger partial charge in [-0.3, -0.25) is 0 Å². The topological polar surface area (TPSA) is 89.7 Å². The molecule has 1 aromatic carbocycles. The van der Waals surface area contributed by atoms with E-state index in [4.69, 9.17) is 13.7 Å². The monoisotopic (exact) mass is 504 g/mol. The van der Waals surface area contributed by atoms with Crippen molar-refractivity contribution in [1.82, 2.24) is 15.5 Å². The van der Waals surface area contributed by atoms with E-state index in [0.29, 0.717) is 31.4 Å². The van der Waals surface area contributed by atoms with Crippen LogP contribution in [0.5, 0.6) is 0 Å². The summed E-state index contributed by atoms with van der Waals surface area (Å²) < 4.78 is 17.3. The van der Waals surface area contributed by atoms with E-state index >= 15 is 0 Å². The lowest BCUT2D eigenvalue weighted by molar-refractivity contribution is 0.0500. The zero-order valence-electron chi connectivity index (χ0n) is 23.2. The Balaban J connectivity index is 2.13. The highest BCUT2D eigenvalue weighted by Crippen LogP contribution is 2.36. The minimum absolute atomic E-state index is 0.152. The van der Waals surface area contributed by atoms with Crippen LogP contribution < -0.4 is 10.2 Å². The highest BCUT2D eigenvalue weighted by molar-refractivity contribution is 6.74. The molecule has 0 aliphatic rings. The predicted octanol–water partition coefficient (Wildman–Crippen LogP) is 5.90. The highest BCUT2D eigenvalue weighted by atomic mass is 28.4. The number of rotatable bonds is 10. The molecule has 0 saturated heterocycles. The number of amides is 1. The SMILES string of the molecule is CCc1ccc(C[C@H](NC(=O)OC(C)(C)C)c2noc(N(C)CCO[Si](C)(C)C(C)(C)C)n2)cc1. The van der Waals surface area contributed by atoms with E-state index in [1.54, 1.807) is 0 Å². The Bertz CT molecular complexity index is 945. The molecular weight excluding hydrogens is 460 g/mol. The fourth-order valence-corrected chi connectivity index (χ4v) is 4.11. The predicted molar refractivity (Wildman–Crippen MR) is 142 cm³/mol. The number of alkyl carbamates (subject to hydrolysis) is 1. The van der Waals surface area contributed by atoms with Gasteiger partial charge in [0.2, 0.25) is 0 Å². The van der Waals surface area contributed by atoms with Crippen LogP contribution in [0.25, 0.3) is 0 Å². The van der Waals surface area contributed by atoms with Crippen LogP contribution in [0.4, 0.5) is 10.8 Å². The molecular formula is C26H44N4O4Si. The molecule has 0 saturated carbocycles. The molecule has 196 valence electrons. The number of hydrogen-bond donors (Lipinski definition) is 1. The van der Waals surface area contributed by atoms with E-state index in [2.05, 4.69) is 80.5 Å². The average Bonchev–Trinajstić information content (AvgIpc) is 3.22. The molecule has 1 aromatic heterocycles. The summed E-state index contributed by atoms with van der Waals surface area (Å²) >= 11 is 0. The van der Waals surface area contributed by atoms with E-state index in [1.807, 2.05) is 32.7 Å². The van der Waals surface area contributed by atoms with E-state index < -0.39 is 26.1 Å². The summed E-state index contributed by atoms with van der Waals surface area (Å²) in [4.78, 5) is 19.0. The first-order valence-corrected chi connectivity index (χ1v) is 15.3. The van der Waals surface area contributed by atoms with Crippen LogP contribution in [0.3, 0.4) is 0 Å². The third kappa shape index (κ3) is 8.96. The van der Waals surface area contributed by atoms with Crippen molar-refractivity contribution in [1.29, 1.82) is 0 Å². The van der Waals surface area contributed by atoms with Gasteiger partial charge in [-0.15, -0.1) is 0 Å². The Morgan fingerprint density at radius 2 is 1.71 bits per heavy atom. The van der Waals surface area contributed by atoms with Crippen molar-refractivity contribution in [3.8, 4) is 0 Å². The number of likely N-dealkylation sites (N-methyl/N-ethyl adjacent to an activating group) is 1. The lowest BCUT2D eigenvalue weighted by Crippen LogP contribution is -2.42. The van der Waals surface area contributed by atoms with Crippen molar-refractivity contribution in [3.63, 3.8) is 0 Å². The zero-order valence-corrected chi connectivity index (χ0v) is 24.2. The van der Waals surface area contributed by atoms with Crippen molar-refractivity contribution in [2.24, 2.45) is 0 Å². The van der Waals surface area contributed by atoms with Gasteiger partial charge in [0.1, 0.15) is 5.60 Å². The third-order valence-electron chi connectivity index (χ3n) is 6.33. The molecule has 0 unspecified atom stereocenters. The number of anilines is 1. The minimum atomic E-state index is -1.83. The highest BCUT2D eigenvalue weighted by Gasteiger charge is 2.37. The van der Waals surface area contributed by atoms with E-state index in [0.717, 1.165) is 12.0 Å². The maximum absolute atomic E-state index is 12.5. The smallest absolute Gasteiger partial charge is 0.408 e. The van der Waals surface area contributed by atoms with Gasteiger partial charge in [0, 0.05) is 20.0 Å². The van der Waals surface area contributed by atoms with Gasteiger partial charge in [0.15, 0.2) is 14.1 Å². The fourth-order valence-electron chi connectivity index (χ4n) is 3.08. The number of carbonyl (C=O) groups excluding carboxylic acids is 1.